The molecule has 174 valence electrons. The standard InChI is InChI=1S/C28H51NO/c1-19(2)8-7-9-20(3)24-12-13-25-23-11-10-21-18-22(29-30-6)14-16-27(21,4)26(23)15-17-28(24,25)5/h19-26,29H,7-18H2,1-6H3/t20-,21+,22+,23+,24-,25+,26+,27+,28-/m1/s1. The molecule has 0 heterocycles. The van der Waals surface area contributed by atoms with E-state index in [4.69, 9.17) is 4.84 Å². The van der Waals surface area contributed by atoms with E-state index in [1.54, 1.807) is 7.11 Å². The summed E-state index contributed by atoms with van der Waals surface area (Å²) in [6.07, 6.45) is 17.5. The molecule has 0 bridgehead atoms. The van der Waals surface area contributed by atoms with E-state index < -0.39 is 0 Å². The van der Waals surface area contributed by atoms with Crippen LogP contribution in [0.3, 0.4) is 0 Å². The molecule has 0 saturated heterocycles. The van der Waals surface area contributed by atoms with Gasteiger partial charge in [-0.25, -0.2) is 0 Å². The molecule has 0 aromatic carbocycles. The largest absolute Gasteiger partial charge is 0.305 e. The van der Waals surface area contributed by atoms with Crippen molar-refractivity contribution >= 4 is 0 Å². The summed E-state index contributed by atoms with van der Waals surface area (Å²) in [7, 11) is 1.78. The van der Waals surface area contributed by atoms with Crippen LogP contribution in [0.1, 0.15) is 112 Å². The van der Waals surface area contributed by atoms with Gasteiger partial charge in [-0.3, -0.25) is 0 Å². The first-order valence-electron chi connectivity index (χ1n) is 13.6. The number of nitrogens with one attached hydrogen (secondary N) is 1. The van der Waals surface area contributed by atoms with E-state index in [0.29, 0.717) is 16.9 Å². The molecule has 9 atom stereocenters. The van der Waals surface area contributed by atoms with E-state index in [1.807, 2.05) is 0 Å². The predicted octanol–water partition coefficient (Wildman–Crippen LogP) is 7.63. The number of hydrogen-bond donors (Lipinski definition) is 1. The molecule has 4 fully saturated rings. The summed E-state index contributed by atoms with van der Waals surface area (Å²) in [5.41, 5.74) is 4.52. The van der Waals surface area contributed by atoms with Gasteiger partial charge >= 0.3 is 0 Å². The van der Waals surface area contributed by atoms with E-state index in [1.165, 1.54) is 77.0 Å². The van der Waals surface area contributed by atoms with Gasteiger partial charge in [0.05, 0.1) is 7.11 Å². The lowest BCUT2D eigenvalue weighted by Crippen LogP contribution is -2.55. The lowest BCUT2D eigenvalue weighted by atomic mass is 9.44. The van der Waals surface area contributed by atoms with E-state index in [9.17, 15) is 0 Å². The molecule has 4 rings (SSSR count). The Morgan fingerprint density at radius 3 is 2.33 bits per heavy atom. The number of rotatable bonds is 7. The number of fused-ring (bicyclic) bond motifs is 5. The molecule has 0 spiro atoms. The summed E-state index contributed by atoms with van der Waals surface area (Å²) in [6, 6.07) is 0.584. The molecule has 0 radical (unpaired) electrons. The minimum Gasteiger partial charge on any atom is -0.305 e. The van der Waals surface area contributed by atoms with Crippen molar-refractivity contribution in [3.8, 4) is 0 Å². The van der Waals surface area contributed by atoms with Crippen LogP contribution in [-0.4, -0.2) is 13.2 Å². The van der Waals surface area contributed by atoms with Gasteiger partial charge in [0.1, 0.15) is 0 Å². The molecule has 0 aliphatic heterocycles. The van der Waals surface area contributed by atoms with Crippen LogP contribution in [0.2, 0.25) is 0 Å². The van der Waals surface area contributed by atoms with E-state index in [-0.39, 0.29) is 0 Å². The zero-order chi connectivity index (χ0) is 21.5. The topological polar surface area (TPSA) is 21.3 Å². The highest BCUT2D eigenvalue weighted by molar-refractivity contribution is 5.10. The van der Waals surface area contributed by atoms with Crippen LogP contribution in [0.5, 0.6) is 0 Å². The first-order chi connectivity index (χ1) is 14.3. The second-order valence-electron chi connectivity index (χ2n) is 13.0. The predicted molar refractivity (Wildman–Crippen MR) is 127 cm³/mol. The SMILES string of the molecule is CON[C@H]1CC[C@@]2(C)[C@@H](CC[C@@H]3[C@@H]2CC[C@]2(C)[C@@H]([C@H](C)CCCC(C)C)CC[C@@H]32)C1. The Bertz CT molecular complexity index is 575. The second-order valence-corrected chi connectivity index (χ2v) is 13.0. The van der Waals surface area contributed by atoms with Crippen LogP contribution < -0.4 is 5.48 Å². The summed E-state index contributed by atoms with van der Waals surface area (Å²) >= 11 is 0. The van der Waals surface area contributed by atoms with Crippen molar-refractivity contribution in [2.45, 2.75) is 118 Å². The van der Waals surface area contributed by atoms with Crippen molar-refractivity contribution in [2.75, 3.05) is 7.11 Å². The third-order valence-corrected chi connectivity index (χ3v) is 11.2. The highest BCUT2D eigenvalue weighted by Crippen LogP contribution is 2.68. The second kappa shape index (κ2) is 9.05. The van der Waals surface area contributed by atoms with Gasteiger partial charge in [0.15, 0.2) is 0 Å². The lowest BCUT2D eigenvalue weighted by Gasteiger charge is -2.61. The Labute approximate surface area is 187 Å². The molecule has 0 aromatic rings. The molecule has 4 saturated carbocycles. The first-order valence-corrected chi connectivity index (χ1v) is 13.6. The molecule has 4 aliphatic rings. The molecule has 2 heteroatoms. The van der Waals surface area contributed by atoms with Crippen LogP contribution >= 0.6 is 0 Å². The fourth-order valence-corrected chi connectivity index (χ4v) is 9.56. The summed E-state index contributed by atoms with van der Waals surface area (Å²) in [5.74, 6) is 6.72. The normalized spacial score (nSPS) is 46.9. The molecule has 0 amide bonds. The zero-order valence-electron chi connectivity index (χ0n) is 21.0. The average molecular weight is 418 g/mol. The molecular weight excluding hydrogens is 366 g/mol. The maximum absolute atomic E-state index is 5.30. The number of hydrogen-bond acceptors (Lipinski definition) is 2. The molecule has 0 unspecified atom stereocenters. The lowest BCUT2D eigenvalue weighted by molar-refractivity contribution is -0.124. The van der Waals surface area contributed by atoms with E-state index in [2.05, 4.69) is 40.1 Å². The third kappa shape index (κ3) is 4.02. The Morgan fingerprint density at radius 1 is 0.867 bits per heavy atom. The Balaban J connectivity index is 1.43. The average Bonchev–Trinajstić information content (AvgIpc) is 3.05. The monoisotopic (exact) mass is 417 g/mol. The van der Waals surface area contributed by atoms with Gasteiger partial charge in [-0.1, -0.05) is 53.9 Å². The molecule has 1 N–H and O–H groups in total. The van der Waals surface area contributed by atoms with Crippen molar-refractivity contribution in [2.24, 2.45) is 52.3 Å². The fraction of sp³-hybridized carbons (Fsp3) is 1.00. The quantitative estimate of drug-likeness (QED) is 0.430. The third-order valence-electron chi connectivity index (χ3n) is 11.2. The van der Waals surface area contributed by atoms with Crippen molar-refractivity contribution in [1.82, 2.24) is 5.48 Å². The van der Waals surface area contributed by atoms with Gasteiger partial charge in [-0.2, -0.15) is 5.48 Å². The van der Waals surface area contributed by atoms with Crippen molar-refractivity contribution in [1.29, 1.82) is 0 Å². The first kappa shape index (κ1) is 23.1. The van der Waals surface area contributed by atoms with Gasteiger partial charge in [0, 0.05) is 6.04 Å². The highest BCUT2D eigenvalue weighted by atomic mass is 16.6. The highest BCUT2D eigenvalue weighted by Gasteiger charge is 2.60. The van der Waals surface area contributed by atoms with Crippen LogP contribution in [0.25, 0.3) is 0 Å². The van der Waals surface area contributed by atoms with Gasteiger partial charge in [-0.05, 0) is 110 Å². The van der Waals surface area contributed by atoms with Gasteiger partial charge < -0.3 is 4.84 Å². The van der Waals surface area contributed by atoms with Gasteiger partial charge in [0.2, 0.25) is 0 Å². The Morgan fingerprint density at radius 2 is 1.60 bits per heavy atom. The van der Waals surface area contributed by atoms with Crippen molar-refractivity contribution in [3.05, 3.63) is 0 Å². The molecular formula is C28H51NO. The molecule has 4 aliphatic carbocycles. The molecule has 30 heavy (non-hydrogen) atoms. The van der Waals surface area contributed by atoms with Crippen molar-refractivity contribution < 1.29 is 4.84 Å². The Kier molecular flexibility index (Phi) is 6.96. The smallest absolute Gasteiger partial charge is 0.0572 e. The van der Waals surface area contributed by atoms with Crippen LogP contribution in [0.15, 0.2) is 0 Å². The summed E-state index contributed by atoms with van der Waals surface area (Å²) in [5, 5.41) is 0. The fourth-order valence-electron chi connectivity index (χ4n) is 9.56. The summed E-state index contributed by atoms with van der Waals surface area (Å²) in [4.78, 5) is 5.30. The molecule has 2 nitrogen and oxygen atoms in total. The van der Waals surface area contributed by atoms with Crippen LogP contribution in [0, 0.1) is 52.3 Å². The maximum atomic E-state index is 5.30. The zero-order valence-corrected chi connectivity index (χ0v) is 21.0. The van der Waals surface area contributed by atoms with Crippen LogP contribution in [0.4, 0.5) is 0 Å². The Hall–Kier alpha value is -0.0800. The van der Waals surface area contributed by atoms with Crippen molar-refractivity contribution in [3.63, 3.8) is 0 Å². The minimum atomic E-state index is 0.584. The van der Waals surface area contributed by atoms with E-state index in [0.717, 1.165) is 41.4 Å². The maximum Gasteiger partial charge on any atom is 0.0572 e. The van der Waals surface area contributed by atoms with Gasteiger partial charge in [-0.15, -0.1) is 0 Å². The summed E-state index contributed by atoms with van der Waals surface area (Å²) < 4.78 is 0. The molecule has 0 aromatic heterocycles. The van der Waals surface area contributed by atoms with Crippen LogP contribution in [-0.2, 0) is 4.84 Å². The number of hydroxylamine groups is 1. The summed E-state index contributed by atoms with van der Waals surface area (Å²) in [6.45, 7) is 12.8. The van der Waals surface area contributed by atoms with E-state index >= 15 is 0 Å². The minimum absolute atomic E-state index is 0.584. The van der Waals surface area contributed by atoms with Gasteiger partial charge in [0.25, 0.3) is 0 Å².